The fraction of sp³-hybridized carbons (Fsp3) is 0.148. The van der Waals surface area contributed by atoms with Gasteiger partial charge in [0.15, 0.2) is 5.11 Å². The van der Waals surface area contributed by atoms with Crippen molar-refractivity contribution in [3.8, 4) is 17.1 Å². The van der Waals surface area contributed by atoms with E-state index >= 15 is 0 Å². The van der Waals surface area contributed by atoms with Gasteiger partial charge in [-0.3, -0.25) is 4.90 Å². The Morgan fingerprint density at radius 3 is 2.53 bits per heavy atom. The number of aryl methyl sites for hydroxylation is 1. The van der Waals surface area contributed by atoms with Crippen LogP contribution in [0.5, 0.6) is 5.75 Å². The van der Waals surface area contributed by atoms with Crippen molar-refractivity contribution >= 4 is 28.6 Å². The number of allylic oxidation sites excluding steroid dienone is 1. The summed E-state index contributed by atoms with van der Waals surface area (Å²) in [6.45, 7) is 4.10. The molecule has 0 fully saturated rings. The van der Waals surface area contributed by atoms with E-state index in [4.69, 9.17) is 26.5 Å². The Hall–Kier alpha value is -3.97. The van der Waals surface area contributed by atoms with Gasteiger partial charge >= 0.3 is 0 Å². The molecule has 1 N–H and O–H groups in total. The number of rotatable bonds is 5. The van der Waals surface area contributed by atoms with Crippen LogP contribution in [0.4, 0.5) is 5.69 Å². The third-order valence-electron chi connectivity index (χ3n) is 5.86. The van der Waals surface area contributed by atoms with Crippen LogP contribution in [0, 0.1) is 6.92 Å². The molecule has 0 amide bonds. The smallest absolute Gasteiger partial charge is 0.258 e. The van der Waals surface area contributed by atoms with Crippen molar-refractivity contribution in [2.75, 3.05) is 12.0 Å². The molecule has 0 radical (unpaired) electrons. The third kappa shape index (κ3) is 4.06. The molecular weight excluding hydrogens is 444 g/mol. The van der Waals surface area contributed by atoms with E-state index < -0.39 is 0 Å². The molecule has 6 nitrogen and oxygen atoms in total. The van der Waals surface area contributed by atoms with Gasteiger partial charge in [-0.1, -0.05) is 59.8 Å². The lowest BCUT2D eigenvalue weighted by Crippen LogP contribution is -2.46. The second-order valence-corrected chi connectivity index (χ2v) is 8.51. The number of ether oxygens (including phenoxy) is 1. The maximum absolute atomic E-state index is 5.83. The molecule has 0 spiro atoms. The maximum atomic E-state index is 5.83. The van der Waals surface area contributed by atoms with Gasteiger partial charge in [0.05, 0.1) is 18.7 Å². The quantitative estimate of drug-likeness (QED) is 0.365. The Bertz CT molecular complexity index is 1380. The zero-order valence-corrected chi connectivity index (χ0v) is 20.0. The first-order valence-corrected chi connectivity index (χ1v) is 11.4. The van der Waals surface area contributed by atoms with Crippen molar-refractivity contribution in [3.05, 3.63) is 102 Å². The number of anilines is 1. The predicted octanol–water partition coefficient (Wildman–Crippen LogP) is 5.92. The average molecular weight is 469 g/mol. The SMILES string of the molecule is COc1cccc(-c2noc(C3=C(C)N(c4cccc(C)c4)C(=S)NC3c3ccccc3)n2)c1. The summed E-state index contributed by atoms with van der Waals surface area (Å²) < 4.78 is 11.2. The van der Waals surface area contributed by atoms with Crippen LogP contribution in [0.15, 0.2) is 89.1 Å². The normalized spacial score (nSPS) is 15.9. The minimum Gasteiger partial charge on any atom is -0.497 e. The van der Waals surface area contributed by atoms with Crippen LogP contribution in [0.25, 0.3) is 17.0 Å². The topological polar surface area (TPSA) is 63.4 Å². The van der Waals surface area contributed by atoms with E-state index in [2.05, 4.69) is 41.7 Å². The number of methoxy groups -OCH3 is 1. The van der Waals surface area contributed by atoms with Gasteiger partial charge in [-0.2, -0.15) is 4.98 Å². The van der Waals surface area contributed by atoms with Gasteiger partial charge in [-0.25, -0.2) is 0 Å². The van der Waals surface area contributed by atoms with Crippen LogP contribution in [-0.2, 0) is 0 Å². The highest BCUT2D eigenvalue weighted by Gasteiger charge is 2.34. The van der Waals surface area contributed by atoms with Gasteiger partial charge in [0, 0.05) is 16.9 Å². The molecule has 5 rings (SSSR count). The number of thiocarbonyl (C=S) groups is 1. The van der Waals surface area contributed by atoms with Gasteiger partial charge in [0.2, 0.25) is 5.82 Å². The fourth-order valence-electron chi connectivity index (χ4n) is 4.21. The Morgan fingerprint density at radius 2 is 1.76 bits per heavy atom. The molecule has 7 heteroatoms. The molecule has 0 bridgehead atoms. The van der Waals surface area contributed by atoms with E-state index in [-0.39, 0.29) is 6.04 Å². The molecular formula is C27H24N4O2S. The standard InChI is InChI=1S/C27H24N4O2S/c1-17-9-7-13-21(15-17)31-18(2)23(24(28-27(31)34)19-10-5-4-6-11-19)26-29-25(30-33-26)20-12-8-14-22(16-20)32-3/h4-16,24H,1-3H3,(H,28,34). The molecule has 1 atom stereocenters. The van der Waals surface area contributed by atoms with Crippen LogP contribution in [0.1, 0.15) is 30.0 Å². The van der Waals surface area contributed by atoms with E-state index in [0.717, 1.165) is 39.4 Å². The Labute approximate surface area is 203 Å². The Kier molecular flexibility index (Phi) is 5.86. The number of hydrogen-bond donors (Lipinski definition) is 1. The van der Waals surface area contributed by atoms with Gasteiger partial charge in [-0.05, 0) is 61.5 Å². The average Bonchev–Trinajstić information content (AvgIpc) is 3.34. The first-order chi connectivity index (χ1) is 16.5. The lowest BCUT2D eigenvalue weighted by molar-refractivity contribution is 0.403. The minimum atomic E-state index is -0.228. The summed E-state index contributed by atoms with van der Waals surface area (Å²) >= 11 is 5.82. The molecule has 1 aliphatic rings. The molecule has 170 valence electrons. The highest BCUT2D eigenvalue weighted by molar-refractivity contribution is 7.80. The maximum Gasteiger partial charge on any atom is 0.258 e. The number of hydrogen-bond acceptors (Lipinski definition) is 5. The molecule has 2 heterocycles. The zero-order valence-electron chi connectivity index (χ0n) is 19.1. The highest BCUT2D eigenvalue weighted by atomic mass is 32.1. The van der Waals surface area contributed by atoms with Crippen LogP contribution in [0.2, 0.25) is 0 Å². The van der Waals surface area contributed by atoms with E-state index in [1.54, 1.807) is 7.11 Å². The second-order valence-electron chi connectivity index (χ2n) is 8.12. The minimum absolute atomic E-state index is 0.228. The first-order valence-electron chi connectivity index (χ1n) is 11.0. The summed E-state index contributed by atoms with van der Waals surface area (Å²) in [6.07, 6.45) is 0. The van der Waals surface area contributed by atoms with E-state index in [9.17, 15) is 0 Å². The molecule has 4 aromatic rings. The van der Waals surface area contributed by atoms with Gasteiger partial charge < -0.3 is 14.6 Å². The van der Waals surface area contributed by atoms with Crippen LogP contribution in [-0.4, -0.2) is 22.4 Å². The van der Waals surface area contributed by atoms with Crippen LogP contribution in [0.3, 0.4) is 0 Å². The summed E-state index contributed by atoms with van der Waals surface area (Å²) in [5.41, 5.74) is 5.82. The second kappa shape index (κ2) is 9.11. The first kappa shape index (κ1) is 21.9. The third-order valence-corrected chi connectivity index (χ3v) is 6.16. The van der Waals surface area contributed by atoms with E-state index in [1.807, 2.05) is 66.4 Å². The summed E-state index contributed by atoms with van der Waals surface area (Å²) in [6, 6.07) is 25.8. The molecule has 0 saturated carbocycles. The van der Waals surface area contributed by atoms with Gasteiger partial charge in [0.25, 0.3) is 5.89 Å². The van der Waals surface area contributed by atoms with Crippen molar-refractivity contribution in [1.29, 1.82) is 0 Å². The van der Waals surface area contributed by atoms with E-state index in [1.165, 1.54) is 0 Å². The summed E-state index contributed by atoms with van der Waals surface area (Å²) in [5, 5.41) is 8.39. The predicted molar refractivity (Wildman–Crippen MR) is 137 cm³/mol. The molecule has 1 aliphatic heterocycles. The van der Waals surface area contributed by atoms with Crippen molar-refractivity contribution in [1.82, 2.24) is 15.5 Å². The molecule has 1 aromatic heterocycles. The number of aromatic nitrogens is 2. The lowest BCUT2D eigenvalue weighted by Gasteiger charge is -2.37. The Balaban J connectivity index is 1.65. The van der Waals surface area contributed by atoms with Crippen LogP contribution < -0.4 is 15.0 Å². The lowest BCUT2D eigenvalue weighted by atomic mass is 9.94. The summed E-state index contributed by atoms with van der Waals surface area (Å²) in [7, 11) is 1.63. The Morgan fingerprint density at radius 1 is 0.971 bits per heavy atom. The van der Waals surface area contributed by atoms with Crippen molar-refractivity contribution < 1.29 is 9.26 Å². The highest BCUT2D eigenvalue weighted by Crippen LogP contribution is 2.39. The van der Waals surface area contributed by atoms with Crippen molar-refractivity contribution in [3.63, 3.8) is 0 Å². The van der Waals surface area contributed by atoms with Gasteiger partial charge in [0.1, 0.15) is 5.75 Å². The van der Waals surface area contributed by atoms with Crippen molar-refractivity contribution in [2.45, 2.75) is 19.9 Å². The summed E-state index contributed by atoms with van der Waals surface area (Å²) in [5.74, 6) is 1.67. The number of benzene rings is 3. The summed E-state index contributed by atoms with van der Waals surface area (Å²) in [4.78, 5) is 6.80. The molecule has 1 unspecified atom stereocenters. The fourth-order valence-corrected chi connectivity index (χ4v) is 4.57. The monoisotopic (exact) mass is 468 g/mol. The van der Waals surface area contributed by atoms with Crippen molar-refractivity contribution in [2.24, 2.45) is 0 Å². The van der Waals surface area contributed by atoms with E-state index in [0.29, 0.717) is 16.8 Å². The molecule has 3 aromatic carbocycles. The van der Waals surface area contributed by atoms with Crippen LogP contribution >= 0.6 is 12.2 Å². The molecule has 0 aliphatic carbocycles. The number of nitrogens with zero attached hydrogens (tertiary/aromatic N) is 3. The molecule has 0 saturated heterocycles. The molecule has 34 heavy (non-hydrogen) atoms. The number of nitrogens with one attached hydrogen (secondary N) is 1. The zero-order chi connectivity index (χ0) is 23.7. The largest absolute Gasteiger partial charge is 0.497 e. The van der Waals surface area contributed by atoms with Gasteiger partial charge in [-0.15, -0.1) is 0 Å².